The van der Waals surface area contributed by atoms with Gasteiger partial charge in [0.1, 0.15) is 11.9 Å². The molecule has 2 N–H and O–H groups in total. The van der Waals surface area contributed by atoms with Gasteiger partial charge in [-0.15, -0.1) is 12.4 Å². The predicted molar refractivity (Wildman–Crippen MR) is 69.6 cm³/mol. The molecule has 1 saturated heterocycles. The first-order valence-corrected chi connectivity index (χ1v) is 5.56. The van der Waals surface area contributed by atoms with Gasteiger partial charge in [0.25, 0.3) is 5.91 Å². The zero-order valence-electron chi connectivity index (χ0n) is 10.0. The van der Waals surface area contributed by atoms with E-state index in [0.717, 1.165) is 6.54 Å². The molecule has 0 aliphatic carbocycles. The zero-order valence-corrected chi connectivity index (χ0v) is 10.8. The fraction of sp³-hybridized carbons (Fsp3) is 0.417. The Bertz CT molecular complexity index is 423. The summed E-state index contributed by atoms with van der Waals surface area (Å²) in [7, 11) is 0. The molecule has 0 radical (unpaired) electrons. The Kier molecular flexibility index (Phi) is 5.53. The molecule has 0 spiro atoms. The predicted octanol–water partition coefficient (Wildman–Crippen LogP) is 1.48. The van der Waals surface area contributed by atoms with E-state index < -0.39 is 6.10 Å². The van der Waals surface area contributed by atoms with Crippen LogP contribution in [0.3, 0.4) is 0 Å². The third-order valence-corrected chi connectivity index (χ3v) is 2.66. The van der Waals surface area contributed by atoms with Crippen molar-refractivity contribution in [3.63, 3.8) is 0 Å². The fourth-order valence-electron chi connectivity index (χ4n) is 1.63. The number of ether oxygens (including phenoxy) is 1. The van der Waals surface area contributed by atoms with E-state index in [1.165, 1.54) is 6.07 Å². The van der Waals surface area contributed by atoms with Gasteiger partial charge in [0.15, 0.2) is 0 Å². The van der Waals surface area contributed by atoms with Crippen molar-refractivity contribution in [3.8, 4) is 0 Å². The molecule has 18 heavy (non-hydrogen) atoms. The van der Waals surface area contributed by atoms with Gasteiger partial charge in [-0.05, 0) is 24.6 Å². The van der Waals surface area contributed by atoms with Gasteiger partial charge in [-0.2, -0.15) is 0 Å². The lowest BCUT2D eigenvalue weighted by atomic mass is 10.2. The lowest BCUT2D eigenvalue weighted by Crippen LogP contribution is -2.45. The molecular formula is C12H16ClFN2O2. The summed E-state index contributed by atoms with van der Waals surface area (Å²) >= 11 is 0. The fourth-order valence-corrected chi connectivity index (χ4v) is 1.63. The van der Waals surface area contributed by atoms with E-state index in [-0.39, 0.29) is 24.1 Å². The molecule has 1 aromatic rings. The van der Waals surface area contributed by atoms with Crippen LogP contribution in [0.15, 0.2) is 18.2 Å². The number of hydrogen-bond donors (Lipinski definition) is 2. The molecule has 2 rings (SSSR count). The highest BCUT2D eigenvalue weighted by molar-refractivity contribution is 5.94. The maximum atomic E-state index is 13.3. The summed E-state index contributed by atoms with van der Waals surface area (Å²) in [6, 6.07) is 4.61. The number of aryl methyl sites for hydroxylation is 1. The van der Waals surface area contributed by atoms with Crippen LogP contribution in [-0.4, -0.2) is 31.7 Å². The maximum Gasteiger partial charge on any atom is 0.254 e. The molecule has 0 bridgehead atoms. The molecule has 4 nitrogen and oxygen atoms in total. The number of carbonyl (C=O) groups is 1. The Morgan fingerprint density at radius 2 is 2.33 bits per heavy atom. The first kappa shape index (κ1) is 14.9. The van der Waals surface area contributed by atoms with Crippen LogP contribution in [0.1, 0.15) is 5.56 Å². The summed E-state index contributed by atoms with van der Waals surface area (Å²) in [6.45, 7) is 3.43. The van der Waals surface area contributed by atoms with Crippen molar-refractivity contribution in [2.75, 3.05) is 25.0 Å². The van der Waals surface area contributed by atoms with E-state index in [1.807, 2.05) is 0 Å². The first-order valence-electron chi connectivity index (χ1n) is 5.56. The van der Waals surface area contributed by atoms with E-state index in [2.05, 4.69) is 10.6 Å². The quantitative estimate of drug-likeness (QED) is 0.859. The van der Waals surface area contributed by atoms with Crippen molar-refractivity contribution in [1.82, 2.24) is 5.32 Å². The standard InChI is InChI=1S/C12H15FN2O2.ClH/c1-8-2-3-9(6-10(8)13)15-12(16)11-7-14-4-5-17-11;/h2-3,6,11,14H,4-5,7H2,1H3,(H,15,16);1H. The van der Waals surface area contributed by atoms with Gasteiger partial charge in [0, 0.05) is 18.8 Å². The minimum absolute atomic E-state index is 0. The molecule has 0 saturated carbocycles. The monoisotopic (exact) mass is 274 g/mol. The second kappa shape index (κ2) is 6.68. The van der Waals surface area contributed by atoms with Crippen LogP contribution >= 0.6 is 12.4 Å². The van der Waals surface area contributed by atoms with Gasteiger partial charge < -0.3 is 15.4 Å². The lowest BCUT2D eigenvalue weighted by molar-refractivity contribution is -0.128. The van der Waals surface area contributed by atoms with Gasteiger partial charge in [-0.1, -0.05) is 6.07 Å². The number of anilines is 1. The molecule has 100 valence electrons. The lowest BCUT2D eigenvalue weighted by Gasteiger charge is -2.22. The minimum atomic E-state index is -0.506. The van der Waals surface area contributed by atoms with Crippen molar-refractivity contribution < 1.29 is 13.9 Å². The number of carbonyl (C=O) groups excluding carboxylic acids is 1. The summed E-state index contributed by atoms with van der Waals surface area (Å²) in [5.41, 5.74) is 1.01. The average molecular weight is 275 g/mol. The first-order chi connectivity index (χ1) is 8.16. The van der Waals surface area contributed by atoms with Crippen molar-refractivity contribution in [1.29, 1.82) is 0 Å². The van der Waals surface area contributed by atoms with Crippen LogP contribution in [0.25, 0.3) is 0 Å². The van der Waals surface area contributed by atoms with E-state index in [0.29, 0.717) is 24.4 Å². The van der Waals surface area contributed by atoms with Crippen molar-refractivity contribution in [2.24, 2.45) is 0 Å². The molecule has 1 aliphatic heterocycles. The highest BCUT2D eigenvalue weighted by atomic mass is 35.5. The number of nitrogens with one attached hydrogen (secondary N) is 2. The van der Waals surface area contributed by atoms with Crippen LogP contribution in [0.2, 0.25) is 0 Å². The van der Waals surface area contributed by atoms with Crippen LogP contribution in [0.4, 0.5) is 10.1 Å². The summed E-state index contributed by atoms with van der Waals surface area (Å²) in [5.74, 6) is -0.578. The van der Waals surface area contributed by atoms with E-state index in [4.69, 9.17) is 4.74 Å². The highest BCUT2D eigenvalue weighted by Crippen LogP contribution is 2.14. The molecule has 1 fully saturated rings. The maximum absolute atomic E-state index is 13.3. The number of hydrogen-bond acceptors (Lipinski definition) is 3. The number of rotatable bonds is 2. The smallest absolute Gasteiger partial charge is 0.254 e. The van der Waals surface area contributed by atoms with E-state index >= 15 is 0 Å². The Morgan fingerprint density at radius 3 is 2.94 bits per heavy atom. The molecule has 1 aromatic carbocycles. The number of morpholine rings is 1. The zero-order chi connectivity index (χ0) is 12.3. The molecule has 1 heterocycles. The number of amides is 1. The Morgan fingerprint density at radius 1 is 1.56 bits per heavy atom. The molecule has 0 aromatic heterocycles. The average Bonchev–Trinajstić information content (AvgIpc) is 2.35. The number of halogens is 2. The van der Waals surface area contributed by atoms with Crippen molar-refractivity contribution >= 4 is 24.0 Å². The Hall–Kier alpha value is -1.17. The molecule has 6 heteroatoms. The second-order valence-electron chi connectivity index (χ2n) is 4.02. The summed E-state index contributed by atoms with van der Waals surface area (Å²) < 4.78 is 18.6. The normalized spacial score (nSPS) is 18.9. The van der Waals surface area contributed by atoms with Gasteiger partial charge in [-0.25, -0.2) is 4.39 Å². The van der Waals surface area contributed by atoms with Crippen LogP contribution < -0.4 is 10.6 Å². The molecule has 1 unspecified atom stereocenters. The van der Waals surface area contributed by atoms with E-state index in [1.54, 1.807) is 19.1 Å². The van der Waals surface area contributed by atoms with E-state index in [9.17, 15) is 9.18 Å². The van der Waals surface area contributed by atoms with Gasteiger partial charge in [-0.3, -0.25) is 4.79 Å². The van der Waals surface area contributed by atoms with Gasteiger partial charge >= 0.3 is 0 Å². The van der Waals surface area contributed by atoms with Gasteiger partial charge in [0.2, 0.25) is 0 Å². The summed E-state index contributed by atoms with van der Waals surface area (Å²) in [6.07, 6.45) is -0.506. The van der Waals surface area contributed by atoms with Crippen molar-refractivity contribution in [2.45, 2.75) is 13.0 Å². The largest absolute Gasteiger partial charge is 0.366 e. The molecule has 1 aliphatic rings. The summed E-state index contributed by atoms with van der Waals surface area (Å²) in [5, 5.41) is 5.70. The molecular weight excluding hydrogens is 259 g/mol. The third kappa shape index (κ3) is 3.66. The van der Waals surface area contributed by atoms with Crippen molar-refractivity contribution in [3.05, 3.63) is 29.6 Å². The number of benzene rings is 1. The Balaban J connectivity index is 0.00000162. The Labute approximate surface area is 111 Å². The SMILES string of the molecule is Cc1ccc(NC(=O)C2CNCCO2)cc1F.Cl. The van der Waals surface area contributed by atoms with Gasteiger partial charge in [0.05, 0.1) is 6.61 Å². The second-order valence-corrected chi connectivity index (χ2v) is 4.02. The third-order valence-electron chi connectivity index (χ3n) is 2.66. The van der Waals surface area contributed by atoms with Crippen LogP contribution in [0, 0.1) is 12.7 Å². The van der Waals surface area contributed by atoms with Crippen LogP contribution in [-0.2, 0) is 9.53 Å². The highest BCUT2D eigenvalue weighted by Gasteiger charge is 2.21. The summed E-state index contributed by atoms with van der Waals surface area (Å²) in [4.78, 5) is 11.8. The minimum Gasteiger partial charge on any atom is -0.366 e. The molecule has 1 amide bonds. The molecule has 1 atom stereocenters. The van der Waals surface area contributed by atoms with Crippen LogP contribution in [0.5, 0.6) is 0 Å². The topological polar surface area (TPSA) is 50.4 Å².